The van der Waals surface area contributed by atoms with E-state index in [2.05, 4.69) is 38.2 Å². The fourth-order valence-corrected chi connectivity index (χ4v) is 11.7. The number of β-amino-alcohol motifs (C(OH)–C–C–N with tert-alkyl or cyclic N) is 1. The van der Waals surface area contributed by atoms with E-state index >= 15 is 4.39 Å². The molecule has 1 unspecified atom stereocenters. The van der Waals surface area contributed by atoms with Gasteiger partial charge in [-0.05, 0) is 126 Å². The number of benzene rings is 3. The molecular weight excluding hydrogens is 881 g/mol. The highest BCUT2D eigenvalue weighted by atomic mass is 19.1. The Morgan fingerprint density at radius 1 is 0.942 bits per heavy atom. The maximum absolute atomic E-state index is 17.0. The average Bonchev–Trinajstić information content (AvgIpc) is 4.07. The van der Waals surface area contributed by atoms with Gasteiger partial charge in [-0.3, -0.25) is 29.0 Å². The van der Waals surface area contributed by atoms with E-state index in [1.165, 1.54) is 11.6 Å². The number of amides is 2. The van der Waals surface area contributed by atoms with E-state index in [0.717, 1.165) is 83.2 Å². The van der Waals surface area contributed by atoms with Crippen molar-refractivity contribution in [2.45, 2.75) is 94.7 Å². The Hall–Kier alpha value is -6.28. The number of pyridine rings is 1. The van der Waals surface area contributed by atoms with Crippen LogP contribution >= 0.6 is 0 Å². The van der Waals surface area contributed by atoms with Crippen LogP contribution in [-0.2, 0) is 16.6 Å². The number of nitrogens with one attached hydrogen (secondary N) is 1. The van der Waals surface area contributed by atoms with Crippen molar-refractivity contribution < 1.29 is 28.2 Å². The van der Waals surface area contributed by atoms with Gasteiger partial charge in [0, 0.05) is 61.7 Å². The second kappa shape index (κ2) is 17.6. The predicted molar refractivity (Wildman–Crippen MR) is 259 cm³/mol. The molecule has 5 aliphatic rings. The summed E-state index contributed by atoms with van der Waals surface area (Å²) in [6, 6.07) is 14.2. The molecule has 2 N–H and O–H groups in total. The van der Waals surface area contributed by atoms with Crippen molar-refractivity contribution >= 4 is 50.3 Å². The number of hydrogen-bond acceptors (Lipinski definition) is 11. The molecule has 3 aromatic heterocycles. The summed E-state index contributed by atoms with van der Waals surface area (Å²) in [6.45, 7) is 8.00. The highest BCUT2D eigenvalue weighted by Gasteiger charge is 2.46. The first-order chi connectivity index (χ1) is 33.3. The monoisotopic (exact) mass is 937 g/mol. The summed E-state index contributed by atoms with van der Waals surface area (Å²) in [5.41, 5.74) is 1.88. The zero-order chi connectivity index (χ0) is 47.8. The molecule has 1 saturated carbocycles. The van der Waals surface area contributed by atoms with Crippen LogP contribution in [0, 0.1) is 29.4 Å². The summed E-state index contributed by atoms with van der Waals surface area (Å²) in [4.78, 5) is 59.1. The first-order valence-corrected chi connectivity index (χ1v) is 24.4. The Balaban J connectivity index is 0.750. The van der Waals surface area contributed by atoms with Gasteiger partial charge in [-0.1, -0.05) is 36.3 Å². The summed E-state index contributed by atoms with van der Waals surface area (Å²) < 4.78 is 41.7. The van der Waals surface area contributed by atoms with Crippen LogP contribution in [0.5, 0.6) is 6.01 Å². The van der Waals surface area contributed by atoms with Crippen LogP contribution in [0.4, 0.5) is 14.6 Å². The number of carbonyl (C=O) groups is 2. The fraction of sp³-hybridized carbons (Fsp3) is 0.472. The number of terminal acetylenes is 1. The van der Waals surface area contributed by atoms with Gasteiger partial charge in [0.15, 0.2) is 5.82 Å². The zero-order valence-corrected chi connectivity index (χ0v) is 39.1. The van der Waals surface area contributed by atoms with Crippen LogP contribution in [0.15, 0.2) is 59.5 Å². The minimum atomic E-state index is -0.959. The Labute approximate surface area is 398 Å². The van der Waals surface area contributed by atoms with Crippen molar-refractivity contribution in [3.63, 3.8) is 0 Å². The van der Waals surface area contributed by atoms with Crippen molar-refractivity contribution in [2.24, 2.45) is 12.5 Å². The lowest BCUT2D eigenvalue weighted by molar-refractivity contribution is -0.135. The largest absolute Gasteiger partial charge is 0.463 e. The van der Waals surface area contributed by atoms with Gasteiger partial charge in [0.05, 0.1) is 34.2 Å². The first kappa shape index (κ1) is 45.2. The second-order valence-electron chi connectivity index (χ2n) is 20.5. The first-order valence-electron chi connectivity index (χ1n) is 24.4. The smallest absolute Gasteiger partial charge is 0.329 e. The molecule has 2 atom stereocenters. The number of fused-ring (bicyclic) bond motifs is 3. The Morgan fingerprint density at radius 2 is 1.74 bits per heavy atom. The number of hydrogen-bond donors (Lipinski definition) is 2. The molecule has 2 amide bonds. The van der Waals surface area contributed by atoms with E-state index < -0.39 is 29.2 Å². The van der Waals surface area contributed by atoms with Crippen LogP contribution in [-0.4, -0.2) is 115 Å². The summed E-state index contributed by atoms with van der Waals surface area (Å²) in [5, 5.41) is 14.9. The average molecular weight is 938 g/mol. The lowest BCUT2D eigenvalue weighted by Gasteiger charge is -2.42. The normalized spacial score (nSPS) is 22.9. The van der Waals surface area contributed by atoms with Crippen LogP contribution in [0.1, 0.15) is 94.2 Å². The number of imide groups is 1. The van der Waals surface area contributed by atoms with Gasteiger partial charge in [-0.25, -0.2) is 13.6 Å². The number of likely N-dealkylation sites (tertiary alicyclic amines) is 2. The molecule has 0 spiro atoms. The van der Waals surface area contributed by atoms with Gasteiger partial charge in [0.25, 0.3) is 0 Å². The molecule has 14 nitrogen and oxygen atoms in total. The number of nitrogens with zero attached hydrogens (tertiary/aromatic N) is 8. The minimum absolute atomic E-state index is 0.00433. The molecule has 7 heterocycles. The van der Waals surface area contributed by atoms with Gasteiger partial charge < -0.3 is 24.5 Å². The Kier molecular flexibility index (Phi) is 11.5. The van der Waals surface area contributed by atoms with Crippen molar-refractivity contribution in [1.29, 1.82) is 0 Å². The number of anilines is 1. The van der Waals surface area contributed by atoms with E-state index in [4.69, 9.17) is 21.1 Å². The van der Waals surface area contributed by atoms with E-state index in [-0.39, 0.29) is 46.2 Å². The molecule has 1 aliphatic carbocycles. The lowest BCUT2D eigenvalue weighted by Crippen LogP contribution is -2.48. The molecule has 3 aromatic carbocycles. The molecular formula is C53H57F2N9O5. The topological polar surface area (TPSA) is 151 Å². The number of aliphatic hydroxyl groups is 1. The summed E-state index contributed by atoms with van der Waals surface area (Å²) in [7, 11) is 1.74. The van der Waals surface area contributed by atoms with Crippen LogP contribution < -0.4 is 20.6 Å². The molecule has 5 fully saturated rings. The van der Waals surface area contributed by atoms with E-state index in [9.17, 15) is 23.9 Å². The molecule has 69 heavy (non-hydrogen) atoms. The number of imidazole rings is 1. The highest BCUT2D eigenvalue weighted by Crippen LogP contribution is 2.47. The van der Waals surface area contributed by atoms with E-state index in [1.54, 1.807) is 53.6 Å². The zero-order valence-electron chi connectivity index (χ0n) is 39.1. The Morgan fingerprint density at radius 3 is 2.48 bits per heavy atom. The molecule has 16 heteroatoms. The molecule has 6 aromatic rings. The van der Waals surface area contributed by atoms with Gasteiger partial charge >= 0.3 is 11.7 Å². The van der Waals surface area contributed by atoms with E-state index in [1.807, 2.05) is 11.0 Å². The molecule has 358 valence electrons. The number of piperidine rings is 4. The van der Waals surface area contributed by atoms with Gasteiger partial charge in [0.1, 0.15) is 28.9 Å². The SMILES string of the molecule is C#Cc1c(F)ccc2cccc(-c3ncc4c(N5CCC[C@@](C)(O)C5)nc(OCC5(CN6CCC(N7CCC(c8ccc9c(c8)n(C)c(=O)n9C8CCC(=O)NC8=O)CC7)CC6)CC5)nc4c3F)c12. The number of rotatable bonds is 10. The summed E-state index contributed by atoms with van der Waals surface area (Å²) in [6.07, 6.45) is 15.5. The van der Waals surface area contributed by atoms with Crippen molar-refractivity contribution in [2.75, 3.05) is 57.3 Å². The highest BCUT2D eigenvalue weighted by molar-refractivity contribution is 6.02. The quantitative estimate of drug-likeness (QED) is 0.113. The van der Waals surface area contributed by atoms with Gasteiger partial charge in [-0.2, -0.15) is 9.97 Å². The van der Waals surface area contributed by atoms with E-state index in [0.29, 0.717) is 77.6 Å². The standard InChI is InChI=1S/C53H57F2N9O5/c1-4-36-39(54)11-9-33-7-5-8-37(44(33)36)46-45(55)47-38(28-56-46)48(63-22-6-19-52(2,68)29-63)59-50(58-47)69-31-53(20-21-53)30-61-23-17-35(18-24-61)62-25-15-32(16-26-62)34-10-12-40-42(27-34)60(3)51(67)64(40)41-13-14-43(65)57-49(41)66/h1,5,7-12,27-28,32,35,41,68H,6,13-26,29-31H2,2-3H3,(H,57,65,66)/t41?,52-/m1/s1. The van der Waals surface area contributed by atoms with Crippen molar-refractivity contribution in [3.05, 3.63) is 88.0 Å². The van der Waals surface area contributed by atoms with Crippen LogP contribution in [0.25, 0.3) is 44.0 Å². The summed E-state index contributed by atoms with van der Waals surface area (Å²) >= 11 is 0. The predicted octanol–water partition coefficient (Wildman–Crippen LogP) is 6.59. The third-order valence-electron chi connectivity index (χ3n) is 15.7. The number of ether oxygens (including phenoxy) is 1. The Bertz CT molecular complexity index is 3140. The maximum Gasteiger partial charge on any atom is 0.329 e. The fourth-order valence-electron chi connectivity index (χ4n) is 11.7. The number of carbonyl (C=O) groups excluding carboxylic acids is 2. The van der Waals surface area contributed by atoms with Gasteiger partial charge in [-0.15, -0.1) is 6.42 Å². The number of halogens is 2. The molecule has 4 saturated heterocycles. The summed E-state index contributed by atoms with van der Waals surface area (Å²) in [5.74, 6) is 1.29. The number of aryl methyl sites for hydroxylation is 1. The second-order valence-corrected chi connectivity index (χ2v) is 20.5. The molecule has 0 bridgehead atoms. The third-order valence-corrected chi connectivity index (χ3v) is 15.7. The van der Waals surface area contributed by atoms with Crippen molar-refractivity contribution in [3.8, 4) is 29.6 Å². The third kappa shape index (κ3) is 8.42. The minimum Gasteiger partial charge on any atom is -0.463 e. The van der Waals surface area contributed by atoms with Gasteiger partial charge in [0.2, 0.25) is 11.8 Å². The molecule has 11 rings (SSSR count). The molecule has 4 aliphatic heterocycles. The molecule has 0 radical (unpaired) electrons. The van der Waals surface area contributed by atoms with Crippen LogP contribution in [0.2, 0.25) is 0 Å². The maximum atomic E-state index is 17.0. The van der Waals surface area contributed by atoms with Crippen LogP contribution in [0.3, 0.4) is 0 Å². The number of aromatic nitrogens is 5. The lowest BCUT2D eigenvalue weighted by atomic mass is 9.87. The van der Waals surface area contributed by atoms with Crippen molar-refractivity contribution in [1.82, 2.24) is 39.2 Å².